The van der Waals surface area contributed by atoms with Crippen LogP contribution in [0.3, 0.4) is 0 Å². The van der Waals surface area contributed by atoms with Crippen molar-refractivity contribution >= 4 is 5.97 Å². The molecular formula is C15H17F3O4. The minimum Gasteiger partial charge on any atom is -0.496 e. The lowest BCUT2D eigenvalue weighted by atomic mass is 9.72. The molecule has 2 atom stereocenters. The molecule has 2 rings (SSSR count). The number of carboxylic acids is 1. The van der Waals surface area contributed by atoms with E-state index in [0.717, 1.165) is 11.6 Å². The Morgan fingerprint density at radius 2 is 2.05 bits per heavy atom. The van der Waals surface area contributed by atoms with Gasteiger partial charge in [0.25, 0.3) is 0 Å². The van der Waals surface area contributed by atoms with Crippen molar-refractivity contribution in [3.05, 3.63) is 34.3 Å². The number of ether oxygens (including phenoxy) is 2. The summed E-state index contributed by atoms with van der Waals surface area (Å²) >= 11 is 0. The van der Waals surface area contributed by atoms with E-state index in [1.54, 1.807) is 20.8 Å². The highest BCUT2D eigenvalue weighted by Crippen LogP contribution is 2.50. The number of allylic oxidation sites excluding steroid dienone is 3. The summed E-state index contributed by atoms with van der Waals surface area (Å²) in [7, 11) is 1.44. The molecule has 0 saturated carbocycles. The second-order valence-electron chi connectivity index (χ2n) is 5.81. The van der Waals surface area contributed by atoms with Crippen LogP contribution in [0.2, 0.25) is 0 Å². The molecule has 7 heteroatoms. The van der Waals surface area contributed by atoms with Crippen LogP contribution in [-0.4, -0.2) is 30.5 Å². The Bertz CT molecular complexity index is 613. The SMILES string of the molecule is COC1=C(C)CC2(C)C=C(C(=O)O)C(C(F)(F)F)OC2=C1C. The van der Waals surface area contributed by atoms with Gasteiger partial charge in [-0.15, -0.1) is 0 Å². The smallest absolute Gasteiger partial charge is 0.429 e. The van der Waals surface area contributed by atoms with E-state index >= 15 is 0 Å². The van der Waals surface area contributed by atoms with Crippen molar-refractivity contribution in [3.63, 3.8) is 0 Å². The molecule has 0 aromatic heterocycles. The van der Waals surface area contributed by atoms with E-state index in [1.165, 1.54) is 7.11 Å². The minimum absolute atomic E-state index is 0.113. The fourth-order valence-electron chi connectivity index (χ4n) is 3.25. The number of carbonyl (C=O) groups is 1. The molecule has 1 aliphatic carbocycles. The number of alkyl halides is 3. The first-order chi connectivity index (χ1) is 10.0. The molecule has 0 fully saturated rings. The van der Waals surface area contributed by atoms with E-state index in [4.69, 9.17) is 14.6 Å². The number of rotatable bonds is 2. The number of halogens is 3. The van der Waals surface area contributed by atoms with Crippen molar-refractivity contribution in [3.8, 4) is 0 Å². The maximum atomic E-state index is 13.1. The molecule has 1 N–H and O–H groups in total. The predicted octanol–water partition coefficient (Wildman–Crippen LogP) is 3.56. The zero-order chi connectivity index (χ0) is 16.9. The summed E-state index contributed by atoms with van der Waals surface area (Å²) < 4.78 is 49.7. The van der Waals surface area contributed by atoms with E-state index in [2.05, 4.69) is 0 Å². The number of methoxy groups -OCH3 is 1. The van der Waals surface area contributed by atoms with Gasteiger partial charge in [0.1, 0.15) is 11.5 Å². The quantitative estimate of drug-likeness (QED) is 0.846. The average Bonchev–Trinajstić information content (AvgIpc) is 2.35. The molecule has 0 radical (unpaired) electrons. The molecule has 4 nitrogen and oxygen atoms in total. The van der Waals surface area contributed by atoms with Crippen LogP contribution in [0.5, 0.6) is 0 Å². The molecule has 0 amide bonds. The lowest BCUT2D eigenvalue weighted by Gasteiger charge is -2.42. The Morgan fingerprint density at radius 1 is 1.45 bits per heavy atom. The fourth-order valence-corrected chi connectivity index (χ4v) is 3.25. The maximum Gasteiger partial charge on any atom is 0.429 e. The molecule has 0 spiro atoms. The zero-order valence-electron chi connectivity index (χ0n) is 12.7. The highest BCUT2D eigenvalue weighted by molar-refractivity contribution is 5.88. The van der Waals surface area contributed by atoms with Gasteiger partial charge >= 0.3 is 12.1 Å². The number of hydrogen-bond donors (Lipinski definition) is 1. The van der Waals surface area contributed by atoms with Crippen LogP contribution in [0, 0.1) is 5.41 Å². The summed E-state index contributed by atoms with van der Waals surface area (Å²) in [5.74, 6) is -1.03. The number of aliphatic carboxylic acids is 1. The van der Waals surface area contributed by atoms with Gasteiger partial charge in [-0.25, -0.2) is 4.79 Å². The van der Waals surface area contributed by atoms with Crippen molar-refractivity contribution in [2.45, 2.75) is 39.5 Å². The van der Waals surface area contributed by atoms with Crippen LogP contribution in [0.15, 0.2) is 34.3 Å². The summed E-state index contributed by atoms with van der Waals surface area (Å²) in [5, 5.41) is 9.11. The third-order valence-corrected chi connectivity index (χ3v) is 3.96. The first kappa shape index (κ1) is 16.5. The van der Waals surface area contributed by atoms with Crippen molar-refractivity contribution in [1.82, 2.24) is 0 Å². The average molecular weight is 318 g/mol. The molecule has 22 heavy (non-hydrogen) atoms. The number of carboxylic acid groups (broad SMARTS) is 1. The second kappa shape index (κ2) is 5.07. The van der Waals surface area contributed by atoms with E-state index < -0.39 is 29.2 Å². The highest BCUT2D eigenvalue weighted by atomic mass is 19.4. The van der Waals surface area contributed by atoms with E-state index in [1.807, 2.05) is 0 Å². The normalized spacial score (nSPS) is 28.9. The Kier molecular flexibility index (Phi) is 3.79. The summed E-state index contributed by atoms with van der Waals surface area (Å²) in [4.78, 5) is 11.2. The number of fused-ring (bicyclic) bond motifs is 1. The molecule has 122 valence electrons. The largest absolute Gasteiger partial charge is 0.496 e. The molecule has 2 unspecified atom stereocenters. The van der Waals surface area contributed by atoms with Crippen molar-refractivity contribution < 1.29 is 32.5 Å². The van der Waals surface area contributed by atoms with Crippen LogP contribution in [-0.2, 0) is 14.3 Å². The van der Waals surface area contributed by atoms with Crippen molar-refractivity contribution in [1.29, 1.82) is 0 Å². The van der Waals surface area contributed by atoms with Gasteiger partial charge in [-0.05, 0) is 32.8 Å². The summed E-state index contributed by atoms with van der Waals surface area (Å²) in [6.45, 7) is 5.08. The standard InChI is InChI=1S/C15H17F3O4/c1-7-5-14(3)6-9(13(19)20)12(15(16,17)18)22-11(14)8(2)10(7)21-4/h6,12H,5H2,1-4H3,(H,19,20). The summed E-state index contributed by atoms with van der Waals surface area (Å²) in [6.07, 6.45) is -5.78. The molecule has 2 aliphatic rings. The van der Waals surface area contributed by atoms with Gasteiger partial charge in [-0.1, -0.05) is 6.08 Å². The minimum atomic E-state index is -4.80. The molecular weight excluding hydrogens is 301 g/mol. The van der Waals surface area contributed by atoms with Crippen LogP contribution in [0.1, 0.15) is 27.2 Å². The molecule has 0 bridgehead atoms. The molecule has 0 aromatic carbocycles. The van der Waals surface area contributed by atoms with Gasteiger partial charge in [0.05, 0.1) is 12.7 Å². The first-order valence-electron chi connectivity index (χ1n) is 6.66. The summed E-state index contributed by atoms with van der Waals surface area (Å²) in [5.41, 5.74) is -0.406. The van der Waals surface area contributed by atoms with Crippen LogP contribution >= 0.6 is 0 Å². The van der Waals surface area contributed by atoms with Gasteiger partial charge in [0, 0.05) is 11.0 Å². The molecule has 0 aromatic rings. The van der Waals surface area contributed by atoms with Gasteiger partial charge < -0.3 is 14.6 Å². The third kappa shape index (κ3) is 2.48. The maximum absolute atomic E-state index is 13.1. The topological polar surface area (TPSA) is 55.8 Å². The fraction of sp³-hybridized carbons (Fsp3) is 0.533. The van der Waals surface area contributed by atoms with Gasteiger partial charge in [0.15, 0.2) is 0 Å². The highest BCUT2D eigenvalue weighted by Gasteiger charge is 2.53. The Balaban J connectivity index is 2.64. The predicted molar refractivity (Wildman–Crippen MR) is 71.8 cm³/mol. The lowest BCUT2D eigenvalue weighted by Crippen LogP contribution is -2.43. The first-order valence-corrected chi connectivity index (χ1v) is 6.66. The van der Waals surface area contributed by atoms with Crippen LogP contribution < -0.4 is 0 Å². The number of hydrogen-bond acceptors (Lipinski definition) is 3. The van der Waals surface area contributed by atoms with E-state index in [9.17, 15) is 18.0 Å². The van der Waals surface area contributed by atoms with E-state index in [0.29, 0.717) is 17.8 Å². The molecule has 1 aliphatic heterocycles. The monoisotopic (exact) mass is 318 g/mol. The Morgan fingerprint density at radius 3 is 2.50 bits per heavy atom. The van der Waals surface area contributed by atoms with Crippen LogP contribution in [0.25, 0.3) is 0 Å². The molecule has 0 saturated heterocycles. The Labute approximate surface area is 125 Å². The second-order valence-corrected chi connectivity index (χ2v) is 5.81. The Hall–Kier alpha value is -1.92. The van der Waals surface area contributed by atoms with Crippen LogP contribution in [0.4, 0.5) is 13.2 Å². The van der Waals surface area contributed by atoms with E-state index in [-0.39, 0.29) is 5.76 Å². The van der Waals surface area contributed by atoms with Gasteiger partial charge in [-0.3, -0.25) is 0 Å². The lowest BCUT2D eigenvalue weighted by molar-refractivity contribution is -0.206. The summed E-state index contributed by atoms with van der Waals surface area (Å²) in [6, 6.07) is 0. The van der Waals surface area contributed by atoms with Crippen molar-refractivity contribution in [2.24, 2.45) is 5.41 Å². The third-order valence-electron chi connectivity index (χ3n) is 3.96. The van der Waals surface area contributed by atoms with Gasteiger partial charge in [0.2, 0.25) is 6.10 Å². The van der Waals surface area contributed by atoms with Crippen molar-refractivity contribution in [2.75, 3.05) is 7.11 Å². The van der Waals surface area contributed by atoms with Gasteiger partial charge in [-0.2, -0.15) is 13.2 Å². The zero-order valence-corrected chi connectivity index (χ0v) is 12.7. The molecule has 1 heterocycles.